The van der Waals surface area contributed by atoms with E-state index in [1.165, 1.54) is 11.3 Å². The SMILES string of the molecule is Cc1ccc2nc(N3C(=O)C4=C(C(=O)C5CC(C)CCC5O4)C3c3cccs3)sc2c1. The Kier molecular flexibility index (Phi) is 4.34. The molecule has 1 aromatic carbocycles. The molecule has 0 N–H and O–H groups in total. The van der Waals surface area contributed by atoms with Crippen LogP contribution in [0.15, 0.2) is 47.0 Å². The summed E-state index contributed by atoms with van der Waals surface area (Å²) in [6.45, 7) is 4.24. The van der Waals surface area contributed by atoms with Gasteiger partial charge < -0.3 is 4.74 Å². The molecule has 0 bridgehead atoms. The van der Waals surface area contributed by atoms with Crippen molar-refractivity contribution in [1.29, 1.82) is 0 Å². The summed E-state index contributed by atoms with van der Waals surface area (Å²) < 4.78 is 7.30. The number of carbonyl (C=O) groups is 2. The van der Waals surface area contributed by atoms with Gasteiger partial charge in [0.25, 0.3) is 5.91 Å². The molecule has 4 atom stereocenters. The summed E-state index contributed by atoms with van der Waals surface area (Å²) in [5.41, 5.74) is 2.54. The number of hydrogen-bond donors (Lipinski definition) is 0. The highest BCUT2D eigenvalue weighted by Crippen LogP contribution is 2.50. The number of fused-ring (bicyclic) bond motifs is 2. The van der Waals surface area contributed by atoms with E-state index in [2.05, 4.69) is 13.0 Å². The molecular weight excluding hydrogens is 428 g/mol. The van der Waals surface area contributed by atoms with Gasteiger partial charge >= 0.3 is 0 Å². The molecule has 1 aliphatic carbocycles. The van der Waals surface area contributed by atoms with E-state index in [0.717, 1.165) is 39.9 Å². The third-order valence-corrected chi connectivity index (χ3v) is 8.60. The number of nitrogens with zero attached hydrogens (tertiary/aromatic N) is 2. The van der Waals surface area contributed by atoms with Crippen LogP contribution >= 0.6 is 22.7 Å². The number of thiophene rings is 1. The molecule has 3 aliphatic rings. The van der Waals surface area contributed by atoms with Crippen molar-refractivity contribution in [1.82, 2.24) is 4.98 Å². The lowest BCUT2D eigenvalue weighted by atomic mass is 9.74. The van der Waals surface area contributed by atoms with Gasteiger partial charge in [0.15, 0.2) is 16.7 Å². The van der Waals surface area contributed by atoms with Crippen LogP contribution < -0.4 is 4.90 Å². The number of hydrogen-bond acceptors (Lipinski definition) is 6. The van der Waals surface area contributed by atoms with Gasteiger partial charge in [-0.3, -0.25) is 14.5 Å². The second-order valence-corrected chi connectivity index (χ2v) is 10.8. The fourth-order valence-electron chi connectivity index (χ4n) is 5.11. The highest BCUT2D eigenvalue weighted by Gasteiger charge is 2.53. The van der Waals surface area contributed by atoms with Gasteiger partial charge in [-0.15, -0.1) is 11.3 Å². The van der Waals surface area contributed by atoms with Crippen molar-refractivity contribution in [2.75, 3.05) is 4.90 Å². The number of benzene rings is 1. The van der Waals surface area contributed by atoms with Gasteiger partial charge in [0.05, 0.1) is 21.7 Å². The van der Waals surface area contributed by atoms with Crippen molar-refractivity contribution < 1.29 is 14.3 Å². The molecule has 4 unspecified atom stereocenters. The number of ketones is 1. The molecule has 1 fully saturated rings. The largest absolute Gasteiger partial charge is 0.483 e. The second-order valence-electron chi connectivity index (χ2n) is 8.85. The normalized spacial score (nSPS) is 28.1. The summed E-state index contributed by atoms with van der Waals surface area (Å²) in [5.74, 6) is 0.431. The lowest BCUT2D eigenvalue weighted by Gasteiger charge is -2.37. The first-order valence-corrected chi connectivity index (χ1v) is 12.4. The molecule has 1 amide bonds. The van der Waals surface area contributed by atoms with Gasteiger partial charge in [0.1, 0.15) is 12.1 Å². The van der Waals surface area contributed by atoms with Gasteiger partial charge in [0.2, 0.25) is 0 Å². The van der Waals surface area contributed by atoms with Crippen molar-refractivity contribution in [3.8, 4) is 0 Å². The van der Waals surface area contributed by atoms with E-state index in [9.17, 15) is 9.59 Å². The molecule has 7 heteroatoms. The third-order valence-electron chi connectivity index (χ3n) is 6.66. The zero-order valence-electron chi connectivity index (χ0n) is 17.3. The quantitative estimate of drug-likeness (QED) is 0.524. The molecule has 158 valence electrons. The molecule has 6 rings (SSSR count). The van der Waals surface area contributed by atoms with Crippen LogP contribution in [-0.2, 0) is 14.3 Å². The third kappa shape index (κ3) is 2.90. The molecule has 3 aromatic rings. The predicted molar refractivity (Wildman–Crippen MR) is 122 cm³/mol. The Morgan fingerprint density at radius 3 is 2.87 bits per heavy atom. The molecule has 0 saturated heterocycles. The van der Waals surface area contributed by atoms with Gasteiger partial charge in [-0.25, -0.2) is 4.98 Å². The van der Waals surface area contributed by atoms with E-state index in [4.69, 9.17) is 9.72 Å². The topological polar surface area (TPSA) is 59.5 Å². The van der Waals surface area contributed by atoms with E-state index in [0.29, 0.717) is 16.6 Å². The van der Waals surface area contributed by atoms with Crippen molar-refractivity contribution in [2.45, 2.75) is 45.3 Å². The number of Topliss-reactive ketones (excluding diaryl/α,β-unsaturated/α-hetero) is 1. The first-order chi connectivity index (χ1) is 15.0. The maximum Gasteiger partial charge on any atom is 0.296 e. The maximum absolute atomic E-state index is 13.7. The smallest absolute Gasteiger partial charge is 0.296 e. The zero-order valence-corrected chi connectivity index (χ0v) is 19.0. The minimum atomic E-state index is -0.463. The van der Waals surface area contributed by atoms with Crippen LogP contribution in [-0.4, -0.2) is 22.8 Å². The van der Waals surface area contributed by atoms with E-state index >= 15 is 0 Å². The van der Waals surface area contributed by atoms with Crippen LogP contribution in [0.1, 0.15) is 42.7 Å². The van der Waals surface area contributed by atoms with Crippen LogP contribution in [0.3, 0.4) is 0 Å². The molecule has 2 aromatic heterocycles. The van der Waals surface area contributed by atoms with Crippen LogP contribution in [0.4, 0.5) is 5.13 Å². The average Bonchev–Trinajstić information content (AvgIpc) is 3.46. The molecule has 4 heterocycles. The maximum atomic E-state index is 13.7. The van der Waals surface area contributed by atoms with Crippen molar-refractivity contribution >= 4 is 49.7 Å². The Balaban J connectivity index is 1.49. The molecule has 1 saturated carbocycles. The number of amides is 1. The number of carbonyl (C=O) groups excluding carboxylic acids is 2. The number of anilines is 1. The number of rotatable bonds is 2. The van der Waals surface area contributed by atoms with Crippen molar-refractivity contribution in [3.63, 3.8) is 0 Å². The Morgan fingerprint density at radius 1 is 1.19 bits per heavy atom. The second kappa shape index (κ2) is 7.00. The Hall–Kier alpha value is -2.51. The van der Waals surface area contributed by atoms with Gasteiger partial charge in [0, 0.05) is 4.88 Å². The minimum absolute atomic E-state index is 0.0870. The van der Waals surface area contributed by atoms with Crippen LogP contribution in [0.5, 0.6) is 0 Å². The average molecular weight is 451 g/mol. The highest BCUT2D eigenvalue weighted by atomic mass is 32.1. The molecule has 0 spiro atoms. The molecule has 0 radical (unpaired) electrons. The van der Waals surface area contributed by atoms with Crippen LogP contribution in [0, 0.1) is 18.8 Å². The predicted octanol–water partition coefficient (Wildman–Crippen LogP) is 5.41. The van der Waals surface area contributed by atoms with E-state index < -0.39 is 6.04 Å². The lowest BCUT2D eigenvalue weighted by Crippen LogP contribution is -2.41. The standard InChI is InChI=1S/C24H22N2O3S2/c1-12-6-8-16-14(10-12)21(27)19-20(17-4-3-9-30-17)26(23(28)22(19)29-16)24-25-15-7-5-13(2)11-18(15)31-24/h3-5,7,9,11-12,14,16,20H,6,8,10H2,1-2H3. The first-order valence-electron chi connectivity index (χ1n) is 10.7. The Labute approximate surface area is 188 Å². The van der Waals surface area contributed by atoms with Crippen molar-refractivity contribution in [2.24, 2.45) is 11.8 Å². The minimum Gasteiger partial charge on any atom is -0.483 e. The zero-order chi connectivity index (χ0) is 21.3. The highest BCUT2D eigenvalue weighted by molar-refractivity contribution is 7.22. The summed E-state index contributed by atoms with van der Waals surface area (Å²) in [6.07, 6.45) is 2.49. The van der Waals surface area contributed by atoms with E-state index in [-0.39, 0.29) is 29.5 Å². The summed E-state index contributed by atoms with van der Waals surface area (Å²) in [7, 11) is 0. The number of aromatic nitrogens is 1. The monoisotopic (exact) mass is 450 g/mol. The van der Waals surface area contributed by atoms with E-state index in [1.54, 1.807) is 16.2 Å². The number of ether oxygens (including phenoxy) is 1. The van der Waals surface area contributed by atoms with E-state index in [1.807, 2.05) is 36.6 Å². The van der Waals surface area contributed by atoms with Gasteiger partial charge in [-0.05, 0) is 61.2 Å². The van der Waals surface area contributed by atoms with Crippen LogP contribution in [0.25, 0.3) is 10.2 Å². The number of aryl methyl sites for hydroxylation is 1. The molecule has 2 aliphatic heterocycles. The summed E-state index contributed by atoms with van der Waals surface area (Å²) in [6, 6.07) is 9.58. The fraction of sp³-hybridized carbons (Fsp3) is 0.375. The molecule has 31 heavy (non-hydrogen) atoms. The Bertz CT molecular complexity index is 1240. The van der Waals surface area contributed by atoms with Crippen molar-refractivity contribution in [3.05, 3.63) is 57.5 Å². The summed E-state index contributed by atoms with van der Waals surface area (Å²) in [4.78, 5) is 34.8. The molecular formula is C24H22N2O3S2. The summed E-state index contributed by atoms with van der Waals surface area (Å²) >= 11 is 3.05. The molecule has 5 nitrogen and oxygen atoms in total. The number of thiazole rings is 1. The first kappa shape index (κ1) is 19.2. The van der Waals surface area contributed by atoms with Gasteiger partial charge in [-0.2, -0.15) is 0 Å². The Morgan fingerprint density at radius 2 is 2.06 bits per heavy atom. The summed E-state index contributed by atoms with van der Waals surface area (Å²) in [5, 5.41) is 2.60. The van der Waals surface area contributed by atoms with Crippen LogP contribution in [0.2, 0.25) is 0 Å². The lowest BCUT2D eigenvalue weighted by molar-refractivity contribution is -0.132. The van der Waals surface area contributed by atoms with Gasteiger partial charge in [-0.1, -0.05) is 30.4 Å². The fourth-order valence-corrected chi connectivity index (χ4v) is 7.03.